The van der Waals surface area contributed by atoms with Crippen LogP contribution in [0.5, 0.6) is 0 Å². The third-order valence-electron chi connectivity index (χ3n) is 3.49. The molecule has 0 spiro atoms. The Labute approximate surface area is 92.2 Å². The molecule has 2 fully saturated rings. The van der Waals surface area contributed by atoms with Crippen molar-refractivity contribution in [2.45, 2.75) is 12.0 Å². The quantitative estimate of drug-likeness (QED) is 0.580. The summed E-state index contributed by atoms with van der Waals surface area (Å²) >= 11 is 0. The average Bonchev–Trinajstić information content (AvgIpc) is 2.77. The fraction of sp³-hybridized carbons (Fsp3) is 0.500. The molecule has 0 bridgehead atoms. The van der Waals surface area contributed by atoms with Crippen LogP contribution in [0.3, 0.4) is 0 Å². The van der Waals surface area contributed by atoms with Crippen LogP contribution in [0.4, 0.5) is 11.5 Å². The van der Waals surface area contributed by atoms with Crippen LogP contribution in [0, 0.1) is 16.0 Å². The summed E-state index contributed by atoms with van der Waals surface area (Å²) in [5.74, 6) is 0.471. The lowest BCUT2D eigenvalue weighted by Crippen LogP contribution is -2.33. The van der Waals surface area contributed by atoms with E-state index in [1.54, 1.807) is 12.3 Å². The first kappa shape index (κ1) is 9.53. The van der Waals surface area contributed by atoms with Gasteiger partial charge in [0.15, 0.2) is 6.20 Å². The number of anilines is 1. The molecule has 1 aliphatic heterocycles. The van der Waals surface area contributed by atoms with Crippen LogP contribution in [0.1, 0.15) is 6.42 Å². The van der Waals surface area contributed by atoms with E-state index in [-0.39, 0.29) is 11.4 Å². The molecule has 1 aromatic rings. The zero-order chi connectivity index (χ0) is 11.3. The molecule has 2 atom stereocenters. The Kier molecular flexibility index (Phi) is 1.74. The minimum absolute atomic E-state index is 0.0121. The van der Waals surface area contributed by atoms with E-state index in [2.05, 4.69) is 9.88 Å². The first-order chi connectivity index (χ1) is 7.58. The second-order valence-electron chi connectivity index (χ2n) is 4.65. The lowest BCUT2D eigenvalue weighted by atomic mass is 10.3. The van der Waals surface area contributed by atoms with Crippen LogP contribution in [0.15, 0.2) is 18.3 Å². The highest BCUT2D eigenvalue weighted by molar-refractivity contribution is 5.50. The van der Waals surface area contributed by atoms with Crippen molar-refractivity contribution >= 4 is 11.5 Å². The first-order valence-electron chi connectivity index (χ1n) is 5.23. The fourth-order valence-corrected chi connectivity index (χ4v) is 2.40. The van der Waals surface area contributed by atoms with E-state index in [1.165, 1.54) is 6.07 Å². The van der Waals surface area contributed by atoms with Crippen molar-refractivity contribution in [1.29, 1.82) is 0 Å². The first-order valence-corrected chi connectivity index (χ1v) is 5.23. The molecule has 0 amide bonds. The number of nitro groups is 1. The van der Waals surface area contributed by atoms with E-state index < -0.39 is 4.92 Å². The van der Waals surface area contributed by atoms with Crippen LogP contribution in [0.25, 0.3) is 0 Å². The topological polar surface area (TPSA) is 85.3 Å². The lowest BCUT2D eigenvalue weighted by molar-refractivity contribution is -0.389. The second-order valence-corrected chi connectivity index (χ2v) is 4.65. The summed E-state index contributed by atoms with van der Waals surface area (Å²) in [5.41, 5.74) is 6.99. The summed E-state index contributed by atoms with van der Waals surface area (Å²) < 4.78 is 0. The maximum atomic E-state index is 10.5. The van der Waals surface area contributed by atoms with Crippen LogP contribution < -0.4 is 10.6 Å². The molecule has 6 nitrogen and oxygen atoms in total. The highest BCUT2D eigenvalue weighted by Crippen LogP contribution is 2.48. The number of pyridine rings is 1. The standard InChI is InChI=1S/C10H12N4O2/c11-10-3-7(10)5-13(6-10)8-1-2-9(12-4-8)14(15)16/h1-2,4,7H,3,5-6,11H2. The maximum absolute atomic E-state index is 10.5. The predicted molar refractivity (Wildman–Crippen MR) is 58.1 cm³/mol. The highest BCUT2D eigenvalue weighted by Gasteiger charge is 2.57. The van der Waals surface area contributed by atoms with E-state index in [9.17, 15) is 10.1 Å². The van der Waals surface area contributed by atoms with Gasteiger partial charge in [-0.25, -0.2) is 0 Å². The molecule has 16 heavy (non-hydrogen) atoms. The van der Waals surface area contributed by atoms with Crippen molar-refractivity contribution in [3.8, 4) is 0 Å². The van der Waals surface area contributed by atoms with Crippen molar-refractivity contribution in [2.75, 3.05) is 18.0 Å². The Morgan fingerprint density at radius 3 is 2.94 bits per heavy atom. The Balaban J connectivity index is 1.78. The number of nitrogens with zero attached hydrogens (tertiary/aromatic N) is 3. The van der Waals surface area contributed by atoms with Gasteiger partial charge in [-0.1, -0.05) is 0 Å². The summed E-state index contributed by atoms with van der Waals surface area (Å²) in [6.07, 6.45) is 2.65. The van der Waals surface area contributed by atoms with Gasteiger partial charge in [-0.2, -0.15) is 0 Å². The maximum Gasteiger partial charge on any atom is 0.363 e. The average molecular weight is 220 g/mol. The van der Waals surface area contributed by atoms with Crippen molar-refractivity contribution in [2.24, 2.45) is 11.7 Å². The van der Waals surface area contributed by atoms with Gasteiger partial charge in [-0.3, -0.25) is 0 Å². The van der Waals surface area contributed by atoms with E-state index in [0.717, 1.165) is 25.2 Å². The normalized spacial score (nSPS) is 31.3. The van der Waals surface area contributed by atoms with Crippen molar-refractivity contribution in [1.82, 2.24) is 4.98 Å². The number of nitrogens with two attached hydrogens (primary N) is 1. The molecular formula is C10H12N4O2. The van der Waals surface area contributed by atoms with Gasteiger partial charge in [0.1, 0.15) is 0 Å². The molecule has 2 N–H and O–H groups in total. The molecule has 3 rings (SSSR count). The molecule has 1 aliphatic carbocycles. The van der Waals surface area contributed by atoms with E-state index in [1.807, 2.05) is 0 Å². The number of rotatable bonds is 2. The van der Waals surface area contributed by atoms with Gasteiger partial charge < -0.3 is 20.7 Å². The van der Waals surface area contributed by atoms with Gasteiger partial charge in [0.2, 0.25) is 0 Å². The molecule has 1 saturated heterocycles. The Hall–Kier alpha value is -1.69. The van der Waals surface area contributed by atoms with Crippen molar-refractivity contribution < 1.29 is 4.92 Å². The summed E-state index contributed by atoms with van der Waals surface area (Å²) in [6.45, 7) is 1.77. The number of piperidine rings is 1. The highest BCUT2D eigenvalue weighted by atomic mass is 16.6. The van der Waals surface area contributed by atoms with Crippen molar-refractivity contribution in [3.63, 3.8) is 0 Å². The zero-order valence-electron chi connectivity index (χ0n) is 8.67. The van der Waals surface area contributed by atoms with Gasteiger partial charge in [-0.05, 0) is 28.3 Å². The molecular weight excluding hydrogens is 208 g/mol. The predicted octanol–water partition coefficient (Wildman–Crippen LogP) is 0.527. The van der Waals surface area contributed by atoms with Gasteiger partial charge in [0, 0.05) is 24.7 Å². The molecule has 2 heterocycles. The Bertz CT molecular complexity index is 447. The Morgan fingerprint density at radius 1 is 1.62 bits per heavy atom. The SMILES string of the molecule is NC12CC1CN(c1ccc([N+](=O)[O-])nc1)C2. The molecule has 0 aromatic carbocycles. The monoisotopic (exact) mass is 220 g/mol. The molecule has 2 unspecified atom stereocenters. The van der Waals surface area contributed by atoms with Gasteiger partial charge >= 0.3 is 5.82 Å². The van der Waals surface area contributed by atoms with Gasteiger partial charge in [-0.15, -0.1) is 0 Å². The zero-order valence-corrected chi connectivity index (χ0v) is 8.67. The molecule has 1 saturated carbocycles. The minimum Gasteiger partial charge on any atom is -0.366 e. The molecule has 1 aromatic heterocycles. The van der Waals surface area contributed by atoms with Crippen LogP contribution in [-0.2, 0) is 0 Å². The van der Waals surface area contributed by atoms with Gasteiger partial charge in [0.25, 0.3) is 0 Å². The molecule has 84 valence electrons. The number of hydrogen-bond donors (Lipinski definition) is 1. The fourth-order valence-electron chi connectivity index (χ4n) is 2.40. The number of aromatic nitrogens is 1. The number of fused-ring (bicyclic) bond motifs is 1. The van der Waals surface area contributed by atoms with Crippen LogP contribution in [0.2, 0.25) is 0 Å². The minimum atomic E-state index is -0.490. The second kappa shape index (κ2) is 2.91. The summed E-state index contributed by atoms with van der Waals surface area (Å²) in [5, 5.41) is 10.5. The summed E-state index contributed by atoms with van der Waals surface area (Å²) in [4.78, 5) is 15.9. The largest absolute Gasteiger partial charge is 0.366 e. The third-order valence-corrected chi connectivity index (χ3v) is 3.49. The summed E-state index contributed by atoms with van der Waals surface area (Å²) in [7, 11) is 0. The van der Waals surface area contributed by atoms with E-state index in [0.29, 0.717) is 5.92 Å². The van der Waals surface area contributed by atoms with E-state index in [4.69, 9.17) is 5.73 Å². The Morgan fingerprint density at radius 2 is 2.44 bits per heavy atom. The number of hydrogen-bond acceptors (Lipinski definition) is 5. The third kappa shape index (κ3) is 1.34. The van der Waals surface area contributed by atoms with Crippen LogP contribution in [-0.4, -0.2) is 28.5 Å². The van der Waals surface area contributed by atoms with Crippen LogP contribution >= 0.6 is 0 Å². The van der Waals surface area contributed by atoms with E-state index >= 15 is 0 Å². The lowest BCUT2D eigenvalue weighted by Gasteiger charge is -2.19. The smallest absolute Gasteiger partial charge is 0.363 e. The molecule has 0 radical (unpaired) electrons. The molecule has 2 aliphatic rings. The van der Waals surface area contributed by atoms with Gasteiger partial charge in [0.05, 0.1) is 5.69 Å². The van der Waals surface area contributed by atoms with Crippen molar-refractivity contribution in [3.05, 3.63) is 28.4 Å². The molecule has 6 heteroatoms. The summed E-state index contributed by atoms with van der Waals surface area (Å²) in [6, 6.07) is 3.17.